The Morgan fingerprint density at radius 2 is 1.89 bits per heavy atom. The molecule has 5 heteroatoms. The van der Waals surface area contributed by atoms with Crippen molar-refractivity contribution in [3.8, 4) is 0 Å². The number of likely N-dealkylation sites (N-methyl/N-ethyl adjacent to an activating group) is 1. The number of carbonyl (C=O) groups is 1. The zero-order valence-corrected chi connectivity index (χ0v) is 16.4. The van der Waals surface area contributed by atoms with Gasteiger partial charge in [-0.25, -0.2) is 0 Å². The fourth-order valence-electron chi connectivity index (χ4n) is 4.20. The summed E-state index contributed by atoms with van der Waals surface area (Å²) in [7, 11) is 2.21. The Labute approximate surface area is 166 Å². The average Bonchev–Trinajstić information content (AvgIpc) is 3.05. The first-order valence-electron chi connectivity index (χ1n) is 9.94. The van der Waals surface area contributed by atoms with Gasteiger partial charge in [0.2, 0.25) is 5.91 Å². The number of nitrogens with zero attached hydrogens (tertiary/aromatic N) is 2. The van der Waals surface area contributed by atoms with Crippen molar-refractivity contribution in [2.45, 2.75) is 38.5 Å². The summed E-state index contributed by atoms with van der Waals surface area (Å²) in [6, 6.07) is 17.6. The van der Waals surface area contributed by atoms with Crippen LogP contribution in [0.4, 0.5) is 0 Å². The minimum Gasteiger partial charge on any atom is -0.370 e. The minimum absolute atomic E-state index is 0.266. The quantitative estimate of drug-likeness (QED) is 0.666. The molecule has 146 valence electrons. The third-order valence-electron chi connectivity index (χ3n) is 5.78. The van der Waals surface area contributed by atoms with Gasteiger partial charge < -0.3 is 15.6 Å². The molecule has 1 unspecified atom stereocenters. The number of primary amides is 1. The van der Waals surface area contributed by atoms with E-state index in [1.807, 2.05) is 6.07 Å². The summed E-state index contributed by atoms with van der Waals surface area (Å²) in [4.78, 5) is 13.6. The molecule has 1 aromatic heterocycles. The molecule has 3 N–H and O–H groups in total. The van der Waals surface area contributed by atoms with Gasteiger partial charge in [0.1, 0.15) is 0 Å². The number of hydrogen-bond donors (Lipinski definition) is 2. The van der Waals surface area contributed by atoms with Crippen LogP contribution in [0, 0.1) is 0 Å². The molecule has 1 aliphatic rings. The molecule has 2 aromatic carbocycles. The van der Waals surface area contributed by atoms with E-state index < -0.39 is 0 Å². The zero-order valence-electron chi connectivity index (χ0n) is 16.4. The lowest BCUT2D eigenvalue weighted by Gasteiger charge is -2.34. The highest BCUT2D eigenvalue weighted by Gasteiger charge is 2.22. The molecule has 1 atom stereocenters. The predicted molar refractivity (Wildman–Crippen MR) is 113 cm³/mol. The normalized spacial score (nSPS) is 17.0. The number of aromatic nitrogens is 1. The van der Waals surface area contributed by atoms with E-state index in [1.54, 1.807) is 0 Å². The molecule has 0 fully saturated rings. The second-order valence-corrected chi connectivity index (χ2v) is 7.75. The monoisotopic (exact) mass is 376 g/mol. The van der Waals surface area contributed by atoms with Crippen LogP contribution in [0.25, 0.3) is 10.9 Å². The van der Waals surface area contributed by atoms with Crippen molar-refractivity contribution in [1.82, 2.24) is 14.8 Å². The highest BCUT2D eigenvalue weighted by atomic mass is 16.1. The van der Waals surface area contributed by atoms with E-state index in [4.69, 9.17) is 5.73 Å². The standard InChI is InChI=1S/C23H28N4O/c1-26-15-18-7-3-2-6-17(18)12-20(26)14-25-13-19-16-27(11-10-23(24)28)22-9-5-4-8-21(19)22/h2-9,16,20,25H,10-15H2,1H3,(H2,24,28). The number of fused-ring (bicyclic) bond motifs is 2. The minimum atomic E-state index is -0.266. The van der Waals surface area contributed by atoms with Crippen molar-refractivity contribution in [1.29, 1.82) is 0 Å². The van der Waals surface area contributed by atoms with Crippen LogP contribution in [0.5, 0.6) is 0 Å². The summed E-state index contributed by atoms with van der Waals surface area (Å²) >= 11 is 0. The van der Waals surface area contributed by atoms with Gasteiger partial charge in [-0.1, -0.05) is 42.5 Å². The number of nitrogens with two attached hydrogens (primary N) is 1. The maximum Gasteiger partial charge on any atom is 0.219 e. The second kappa shape index (κ2) is 8.17. The van der Waals surface area contributed by atoms with Crippen molar-refractivity contribution in [2.75, 3.05) is 13.6 Å². The second-order valence-electron chi connectivity index (χ2n) is 7.75. The zero-order chi connectivity index (χ0) is 19.5. The SMILES string of the molecule is CN1Cc2ccccc2CC1CNCc1cn(CCC(N)=O)c2ccccc12. The largest absolute Gasteiger partial charge is 0.370 e. The predicted octanol–water partition coefficient (Wildman–Crippen LogP) is 2.66. The Balaban J connectivity index is 1.42. The number of benzene rings is 2. The van der Waals surface area contributed by atoms with E-state index in [0.717, 1.165) is 31.6 Å². The lowest BCUT2D eigenvalue weighted by Crippen LogP contribution is -2.43. The van der Waals surface area contributed by atoms with Gasteiger partial charge in [-0.05, 0) is 36.2 Å². The fourth-order valence-corrected chi connectivity index (χ4v) is 4.20. The van der Waals surface area contributed by atoms with Crippen LogP contribution in [0.15, 0.2) is 54.7 Å². The summed E-state index contributed by atoms with van der Waals surface area (Å²) in [6.07, 6.45) is 3.60. The number of para-hydroxylation sites is 1. The number of carbonyl (C=O) groups excluding carboxylic acids is 1. The van der Waals surface area contributed by atoms with Gasteiger partial charge in [0.15, 0.2) is 0 Å². The smallest absolute Gasteiger partial charge is 0.219 e. The molecular weight excluding hydrogens is 348 g/mol. The van der Waals surface area contributed by atoms with Crippen LogP contribution in [-0.4, -0.2) is 35.0 Å². The van der Waals surface area contributed by atoms with Gasteiger partial charge in [0.25, 0.3) is 0 Å². The molecule has 0 saturated heterocycles. The van der Waals surface area contributed by atoms with E-state index in [2.05, 4.69) is 70.5 Å². The molecule has 0 aliphatic carbocycles. The molecule has 0 radical (unpaired) electrons. The number of amides is 1. The number of nitrogens with one attached hydrogen (secondary N) is 1. The van der Waals surface area contributed by atoms with Crippen LogP contribution < -0.4 is 11.1 Å². The Kier molecular flexibility index (Phi) is 5.46. The number of hydrogen-bond acceptors (Lipinski definition) is 3. The molecule has 2 heterocycles. The maximum atomic E-state index is 11.2. The first kappa shape index (κ1) is 18.7. The van der Waals surface area contributed by atoms with Crippen LogP contribution >= 0.6 is 0 Å². The molecule has 28 heavy (non-hydrogen) atoms. The molecule has 0 saturated carbocycles. The third-order valence-corrected chi connectivity index (χ3v) is 5.78. The molecule has 0 spiro atoms. The number of rotatable bonds is 7. The van der Waals surface area contributed by atoms with Crippen molar-refractivity contribution in [2.24, 2.45) is 5.73 Å². The van der Waals surface area contributed by atoms with Gasteiger partial charge in [-0.2, -0.15) is 0 Å². The molecule has 0 bridgehead atoms. The van der Waals surface area contributed by atoms with Crippen LogP contribution in [-0.2, 0) is 30.8 Å². The Morgan fingerprint density at radius 3 is 2.71 bits per heavy atom. The first-order valence-corrected chi connectivity index (χ1v) is 9.94. The van der Waals surface area contributed by atoms with Gasteiger partial charge >= 0.3 is 0 Å². The van der Waals surface area contributed by atoms with Gasteiger partial charge in [-0.15, -0.1) is 0 Å². The molecule has 4 rings (SSSR count). The van der Waals surface area contributed by atoms with E-state index >= 15 is 0 Å². The van der Waals surface area contributed by atoms with E-state index in [-0.39, 0.29) is 5.91 Å². The van der Waals surface area contributed by atoms with E-state index in [0.29, 0.717) is 19.0 Å². The van der Waals surface area contributed by atoms with Gasteiger partial charge in [-0.3, -0.25) is 9.69 Å². The van der Waals surface area contributed by atoms with Gasteiger partial charge in [0.05, 0.1) is 0 Å². The summed E-state index contributed by atoms with van der Waals surface area (Å²) in [5, 5.41) is 4.89. The molecule has 1 amide bonds. The van der Waals surface area contributed by atoms with Crippen LogP contribution in [0.1, 0.15) is 23.1 Å². The Morgan fingerprint density at radius 1 is 1.14 bits per heavy atom. The van der Waals surface area contributed by atoms with Crippen LogP contribution in [0.3, 0.4) is 0 Å². The molecule has 3 aromatic rings. The van der Waals surface area contributed by atoms with Crippen molar-refractivity contribution < 1.29 is 4.79 Å². The first-order chi connectivity index (χ1) is 13.6. The van der Waals surface area contributed by atoms with E-state index in [1.165, 1.54) is 22.1 Å². The molecule has 5 nitrogen and oxygen atoms in total. The molecule has 1 aliphatic heterocycles. The van der Waals surface area contributed by atoms with Gasteiger partial charge in [0, 0.05) is 55.7 Å². The Hall–Kier alpha value is -2.63. The van der Waals surface area contributed by atoms with Crippen molar-refractivity contribution in [3.05, 3.63) is 71.4 Å². The summed E-state index contributed by atoms with van der Waals surface area (Å²) in [5.41, 5.74) is 10.7. The lowest BCUT2D eigenvalue weighted by atomic mass is 9.94. The third kappa shape index (κ3) is 3.96. The van der Waals surface area contributed by atoms with Crippen molar-refractivity contribution >= 4 is 16.8 Å². The molecular formula is C23H28N4O. The van der Waals surface area contributed by atoms with E-state index in [9.17, 15) is 4.79 Å². The van der Waals surface area contributed by atoms with Crippen molar-refractivity contribution in [3.63, 3.8) is 0 Å². The number of aryl methyl sites for hydroxylation is 1. The fraction of sp³-hybridized carbons (Fsp3) is 0.348. The topological polar surface area (TPSA) is 63.3 Å². The average molecular weight is 377 g/mol. The van der Waals surface area contributed by atoms with Crippen LogP contribution in [0.2, 0.25) is 0 Å². The summed E-state index contributed by atoms with van der Waals surface area (Å²) < 4.78 is 2.14. The highest BCUT2D eigenvalue weighted by Crippen LogP contribution is 2.23. The highest BCUT2D eigenvalue weighted by molar-refractivity contribution is 5.84. The lowest BCUT2D eigenvalue weighted by molar-refractivity contribution is -0.118. The maximum absolute atomic E-state index is 11.2. The Bertz CT molecular complexity index is 978. The summed E-state index contributed by atoms with van der Waals surface area (Å²) in [5.74, 6) is -0.266. The summed E-state index contributed by atoms with van der Waals surface area (Å²) in [6.45, 7) is 3.40.